The second kappa shape index (κ2) is 14.5. The molecule has 0 aliphatic heterocycles. The van der Waals surface area contributed by atoms with Gasteiger partial charge in [0.2, 0.25) is 0 Å². The van der Waals surface area contributed by atoms with E-state index in [2.05, 4.69) is 217 Å². The van der Waals surface area contributed by atoms with Crippen LogP contribution < -0.4 is 4.90 Å². The molecule has 1 spiro atoms. The van der Waals surface area contributed by atoms with Crippen molar-refractivity contribution in [3.8, 4) is 55.6 Å². The lowest BCUT2D eigenvalue weighted by Gasteiger charge is -2.37. The SMILES string of the molecule is c1ccc(-c2ccccc2-c2ccccc2-c2ccccc2N(c2ccc3c(c2)-c2ccccc2C32CC3CCC2C3)c2ccccc2-c2cccc3c2sc2ccccc23)cc1. The number of benzene rings is 9. The highest BCUT2D eigenvalue weighted by molar-refractivity contribution is 7.26. The summed E-state index contributed by atoms with van der Waals surface area (Å²) in [4.78, 5) is 2.57. The van der Waals surface area contributed by atoms with Crippen LogP contribution in [0.5, 0.6) is 0 Å². The van der Waals surface area contributed by atoms with Gasteiger partial charge in [-0.15, -0.1) is 11.3 Å². The number of fused-ring (bicyclic) bond motifs is 11. The molecule has 3 atom stereocenters. The van der Waals surface area contributed by atoms with Crippen molar-refractivity contribution < 1.29 is 0 Å². The van der Waals surface area contributed by atoms with Gasteiger partial charge in [0.15, 0.2) is 0 Å². The molecular weight excluding hydrogens is 779 g/mol. The van der Waals surface area contributed by atoms with Crippen molar-refractivity contribution in [1.29, 1.82) is 0 Å². The number of rotatable bonds is 7. The summed E-state index contributed by atoms with van der Waals surface area (Å²) < 4.78 is 2.64. The highest BCUT2D eigenvalue weighted by Crippen LogP contribution is 2.66. The van der Waals surface area contributed by atoms with Crippen molar-refractivity contribution in [2.45, 2.75) is 31.1 Å². The van der Waals surface area contributed by atoms with Gasteiger partial charge < -0.3 is 4.90 Å². The molecule has 3 aliphatic rings. The lowest BCUT2D eigenvalue weighted by Crippen LogP contribution is -2.31. The van der Waals surface area contributed by atoms with Crippen molar-refractivity contribution in [3.63, 3.8) is 0 Å². The summed E-state index contributed by atoms with van der Waals surface area (Å²) in [6.45, 7) is 0. The molecule has 2 fully saturated rings. The van der Waals surface area contributed by atoms with E-state index < -0.39 is 0 Å². The normalized spacial score (nSPS) is 18.3. The van der Waals surface area contributed by atoms with Crippen molar-refractivity contribution in [2.24, 2.45) is 11.8 Å². The van der Waals surface area contributed by atoms with Crippen molar-refractivity contribution >= 4 is 48.6 Å². The molecule has 1 aromatic heterocycles. The average Bonchev–Trinajstić information content (AvgIpc) is 4.14. The standard InChI is InChI=1S/C61H45NS/c1-2-17-41(18-3-1)44-19-4-5-20-45(44)46-21-6-7-22-47(46)49-24-9-13-30-57(49)62(58-31-14-10-25-50(58)52-27-16-28-53-51-26-11-15-32-59(51)63-60(52)53)43-35-36-56-54(38-43)48-23-8-12-29-55(48)61(56)39-40-33-34-42(61)37-40/h1-32,35-36,38,40,42H,33-34,37,39H2. The molecule has 13 rings (SSSR count). The van der Waals surface area contributed by atoms with E-state index in [0.29, 0.717) is 5.92 Å². The number of para-hydroxylation sites is 2. The van der Waals surface area contributed by atoms with E-state index in [1.807, 2.05) is 11.3 Å². The van der Waals surface area contributed by atoms with Gasteiger partial charge >= 0.3 is 0 Å². The number of hydrogen-bond acceptors (Lipinski definition) is 2. The molecule has 10 aromatic rings. The molecule has 2 saturated carbocycles. The first-order valence-electron chi connectivity index (χ1n) is 22.6. The molecule has 2 bridgehead atoms. The maximum atomic E-state index is 2.57. The summed E-state index contributed by atoms with van der Waals surface area (Å²) in [6.07, 6.45) is 5.35. The number of thiophene rings is 1. The van der Waals surface area contributed by atoms with Gasteiger partial charge in [-0.05, 0) is 112 Å². The summed E-state index contributed by atoms with van der Waals surface area (Å²) in [7, 11) is 0. The number of anilines is 3. The van der Waals surface area contributed by atoms with E-state index >= 15 is 0 Å². The van der Waals surface area contributed by atoms with E-state index in [1.54, 1.807) is 11.1 Å². The Bertz CT molecular complexity index is 3390. The largest absolute Gasteiger partial charge is 0.309 e. The van der Waals surface area contributed by atoms with Crippen LogP contribution in [0, 0.1) is 11.8 Å². The Labute approximate surface area is 373 Å². The molecule has 9 aromatic carbocycles. The summed E-state index contributed by atoms with van der Waals surface area (Å²) in [5, 5.41) is 2.63. The second-order valence-corrected chi connectivity index (χ2v) is 19.0. The minimum Gasteiger partial charge on any atom is -0.309 e. The Morgan fingerprint density at radius 3 is 1.70 bits per heavy atom. The third kappa shape index (κ3) is 5.61. The van der Waals surface area contributed by atoms with Crippen LogP contribution in [0.1, 0.15) is 36.8 Å². The second-order valence-electron chi connectivity index (χ2n) is 17.9. The Hall–Kier alpha value is -7.00. The lowest BCUT2D eigenvalue weighted by molar-refractivity contribution is 0.327. The molecule has 3 unspecified atom stereocenters. The molecule has 1 heterocycles. The average molecular weight is 824 g/mol. The van der Waals surface area contributed by atoms with Crippen molar-refractivity contribution in [2.75, 3.05) is 4.90 Å². The maximum Gasteiger partial charge on any atom is 0.0540 e. The van der Waals surface area contributed by atoms with Crippen LogP contribution in [0.4, 0.5) is 17.1 Å². The highest BCUT2D eigenvalue weighted by atomic mass is 32.1. The monoisotopic (exact) mass is 823 g/mol. The minimum atomic E-state index is 0.121. The van der Waals surface area contributed by atoms with Crippen LogP contribution in [0.3, 0.4) is 0 Å². The first-order valence-corrected chi connectivity index (χ1v) is 23.4. The van der Waals surface area contributed by atoms with Gasteiger partial charge in [0.1, 0.15) is 0 Å². The van der Waals surface area contributed by atoms with Crippen LogP contribution in [-0.4, -0.2) is 0 Å². The van der Waals surface area contributed by atoms with E-state index in [1.165, 1.54) is 107 Å². The summed E-state index contributed by atoms with van der Waals surface area (Å²) in [5.74, 6) is 1.54. The van der Waals surface area contributed by atoms with Gasteiger partial charge in [0.05, 0.1) is 11.4 Å². The fraction of sp³-hybridized carbons (Fsp3) is 0.115. The molecular formula is C61H45NS. The van der Waals surface area contributed by atoms with E-state index in [-0.39, 0.29) is 5.41 Å². The van der Waals surface area contributed by atoms with Gasteiger partial charge in [-0.3, -0.25) is 0 Å². The summed E-state index contributed by atoms with van der Waals surface area (Å²) in [6, 6.07) is 79.5. The van der Waals surface area contributed by atoms with Crippen LogP contribution >= 0.6 is 11.3 Å². The molecule has 0 saturated heterocycles. The van der Waals surface area contributed by atoms with E-state index in [9.17, 15) is 0 Å². The first kappa shape index (κ1) is 36.6. The maximum absolute atomic E-state index is 2.57. The highest BCUT2D eigenvalue weighted by Gasteiger charge is 2.56. The summed E-state index contributed by atoms with van der Waals surface area (Å²) in [5.41, 5.74) is 19.3. The van der Waals surface area contributed by atoms with Crippen molar-refractivity contribution in [1.82, 2.24) is 0 Å². The number of hydrogen-bond donors (Lipinski definition) is 0. The first-order chi connectivity index (χ1) is 31.2. The predicted octanol–water partition coefficient (Wildman–Crippen LogP) is 17.3. The Morgan fingerprint density at radius 1 is 0.413 bits per heavy atom. The summed E-state index contributed by atoms with van der Waals surface area (Å²) >= 11 is 1.90. The zero-order valence-corrected chi connectivity index (χ0v) is 35.9. The molecule has 1 nitrogen and oxygen atoms in total. The minimum absolute atomic E-state index is 0.121. The van der Waals surface area contributed by atoms with Gasteiger partial charge in [-0.25, -0.2) is 0 Å². The van der Waals surface area contributed by atoms with Crippen LogP contribution in [0.15, 0.2) is 212 Å². The topological polar surface area (TPSA) is 3.24 Å². The Balaban J connectivity index is 1.06. The molecule has 0 amide bonds. The molecule has 2 heteroatoms. The van der Waals surface area contributed by atoms with E-state index in [0.717, 1.165) is 17.3 Å². The van der Waals surface area contributed by atoms with Gasteiger partial charge in [-0.1, -0.05) is 188 Å². The Kier molecular flexibility index (Phi) is 8.46. The molecule has 300 valence electrons. The smallest absolute Gasteiger partial charge is 0.0540 e. The quantitative estimate of drug-likeness (QED) is 0.155. The van der Waals surface area contributed by atoms with Gasteiger partial charge in [-0.2, -0.15) is 0 Å². The van der Waals surface area contributed by atoms with Crippen LogP contribution in [-0.2, 0) is 5.41 Å². The van der Waals surface area contributed by atoms with Crippen LogP contribution in [0.25, 0.3) is 75.8 Å². The fourth-order valence-electron chi connectivity index (χ4n) is 12.2. The van der Waals surface area contributed by atoms with E-state index in [4.69, 9.17) is 0 Å². The number of nitrogens with zero attached hydrogens (tertiary/aromatic N) is 1. The lowest BCUT2D eigenvalue weighted by atomic mass is 9.67. The van der Waals surface area contributed by atoms with Crippen LogP contribution in [0.2, 0.25) is 0 Å². The third-order valence-corrected chi connectivity index (χ3v) is 16.0. The molecule has 0 N–H and O–H groups in total. The van der Waals surface area contributed by atoms with Gasteiger partial charge in [0.25, 0.3) is 0 Å². The Morgan fingerprint density at radius 2 is 0.968 bits per heavy atom. The van der Waals surface area contributed by atoms with Gasteiger partial charge in [0, 0.05) is 48.0 Å². The molecule has 0 radical (unpaired) electrons. The molecule has 3 aliphatic carbocycles. The third-order valence-electron chi connectivity index (χ3n) is 14.8. The zero-order chi connectivity index (χ0) is 41.5. The fourth-order valence-corrected chi connectivity index (χ4v) is 13.5. The van der Waals surface area contributed by atoms with Crippen molar-refractivity contribution in [3.05, 3.63) is 223 Å². The zero-order valence-electron chi connectivity index (χ0n) is 35.0. The molecule has 63 heavy (non-hydrogen) atoms. The predicted molar refractivity (Wildman–Crippen MR) is 267 cm³/mol.